The Balaban J connectivity index is 1.96. The third kappa shape index (κ3) is 2.62. The molecule has 20 heavy (non-hydrogen) atoms. The second-order valence-electron chi connectivity index (χ2n) is 4.41. The molecule has 0 amide bonds. The fourth-order valence-electron chi connectivity index (χ4n) is 1.93. The Kier molecular flexibility index (Phi) is 3.58. The first-order valence-electron chi connectivity index (χ1n) is 6.29. The number of aromatic nitrogens is 4. The van der Waals surface area contributed by atoms with Crippen molar-refractivity contribution in [2.75, 3.05) is 0 Å². The van der Waals surface area contributed by atoms with Gasteiger partial charge in [-0.05, 0) is 31.0 Å². The SMILES string of the molecule is CCCn1cc(Oc2nc(Cl)nc3sc(C)cc23)cn1. The van der Waals surface area contributed by atoms with Crippen LogP contribution in [0.3, 0.4) is 0 Å². The average Bonchev–Trinajstić information content (AvgIpc) is 2.96. The first kappa shape index (κ1) is 13.3. The highest BCUT2D eigenvalue weighted by atomic mass is 35.5. The summed E-state index contributed by atoms with van der Waals surface area (Å²) in [4.78, 5) is 10.3. The summed E-state index contributed by atoms with van der Waals surface area (Å²) in [5.41, 5.74) is 0. The van der Waals surface area contributed by atoms with Gasteiger partial charge in [-0.25, -0.2) is 4.98 Å². The van der Waals surface area contributed by atoms with Crippen molar-refractivity contribution in [2.45, 2.75) is 26.8 Å². The smallest absolute Gasteiger partial charge is 0.232 e. The van der Waals surface area contributed by atoms with Crippen LogP contribution in [0.4, 0.5) is 0 Å². The van der Waals surface area contributed by atoms with Gasteiger partial charge in [-0.15, -0.1) is 11.3 Å². The van der Waals surface area contributed by atoms with E-state index in [-0.39, 0.29) is 5.28 Å². The van der Waals surface area contributed by atoms with E-state index in [1.165, 1.54) is 0 Å². The van der Waals surface area contributed by atoms with E-state index in [2.05, 4.69) is 22.0 Å². The number of rotatable bonds is 4. The fourth-order valence-corrected chi connectivity index (χ4v) is 3.01. The molecule has 0 aliphatic carbocycles. The predicted molar refractivity (Wildman–Crippen MR) is 79.8 cm³/mol. The quantitative estimate of drug-likeness (QED) is 0.682. The second-order valence-corrected chi connectivity index (χ2v) is 5.99. The molecule has 0 aliphatic heterocycles. The lowest BCUT2D eigenvalue weighted by atomic mass is 10.3. The number of fused-ring (bicyclic) bond motifs is 1. The predicted octanol–water partition coefficient (Wildman–Crippen LogP) is 4.05. The van der Waals surface area contributed by atoms with E-state index in [4.69, 9.17) is 16.3 Å². The number of hydrogen-bond donors (Lipinski definition) is 0. The van der Waals surface area contributed by atoms with Crippen LogP contribution in [0.15, 0.2) is 18.5 Å². The van der Waals surface area contributed by atoms with Crippen molar-refractivity contribution in [1.82, 2.24) is 19.7 Å². The molecular weight excluding hydrogens is 296 g/mol. The maximum absolute atomic E-state index is 5.94. The summed E-state index contributed by atoms with van der Waals surface area (Å²) in [7, 11) is 0. The molecular formula is C13H13ClN4OS. The monoisotopic (exact) mass is 308 g/mol. The summed E-state index contributed by atoms with van der Waals surface area (Å²) in [5, 5.41) is 5.29. The van der Waals surface area contributed by atoms with Gasteiger partial charge in [0.05, 0.1) is 17.8 Å². The molecule has 0 atom stereocenters. The molecule has 0 saturated heterocycles. The van der Waals surface area contributed by atoms with E-state index >= 15 is 0 Å². The maximum Gasteiger partial charge on any atom is 0.232 e. The summed E-state index contributed by atoms with van der Waals surface area (Å²) in [6, 6.07) is 2.00. The van der Waals surface area contributed by atoms with Crippen LogP contribution in [-0.2, 0) is 6.54 Å². The minimum Gasteiger partial charge on any atom is -0.435 e. The number of hydrogen-bond acceptors (Lipinski definition) is 5. The molecule has 0 fully saturated rings. The van der Waals surface area contributed by atoms with E-state index in [1.807, 2.05) is 23.9 Å². The van der Waals surface area contributed by atoms with Gasteiger partial charge in [-0.2, -0.15) is 10.1 Å². The van der Waals surface area contributed by atoms with Crippen LogP contribution in [0.2, 0.25) is 5.28 Å². The van der Waals surface area contributed by atoms with Gasteiger partial charge in [0.25, 0.3) is 0 Å². The van der Waals surface area contributed by atoms with Crippen molar-refractivity contribution >= 4 is 33.2 Å². The van der Waals surface area contributed by atoms with Gasteiger partial charge >= 0.3 is 0 Å². The van der Waals surface area contributed by atoms with Crippen LogP contribution in [-0.4, -0.2) is 19.7 Å². The molecule has 3 heterocycles. The lowest BCUT2D eigenvalue weighted by Gasteiger charge is -2.03. The lowest BCUT2D eigenvalue weighted by molar-refractivity contribution is 0.466. The van der Waals surface area contributed by atoms with Gasteiger partial charge in [-0.3, -0.25) is 4.68 Å². The van der Waals surface area contributed by atoms with Crippen molar-refractivity contribution in [1.29, 1.82) is 0 Å². The molecule has 0 N–H and O–H groups in total. The molecule has 0 spiro atoms. The van der Waals surface area contributed by atoms with Crippen molar-refractivity contribution < 1.29 is 4.74 Å². The van der Waals surface area contributed by atoms with Crippen LogP contribution < -0.4 is 4.74 Å². The summed E-state index contributed by atoms with van der Waals surface area (Å²) in [6.07, 6.45) is 4.55. The van der Waals surface area contributed by atoms with E-state index in [0.717, 1.165) is 28.1 Å². The van der Waals surface area contributed by atoms with Gasteiger partial charge in [-0.1, -0.05) is 6.92 Å². The molecule has 0 aliphatic rings. The van der Waals surface area contributed by atoms with E-state index in [1.54, 1.807) is 17.5 Å². The molecule has 3 rings (SSSR count). The molecule has 0 bridgehead atoms. The van der Waals surface area contributed by atoms with Gasteiger partial charge in [0.15, 0.2) is 5.75 Å². The Bertz CT molecular complexity index is 752. The van der Waals surface area contributed by atoms with Crippen LogP contribution in [0.25, 0.3) is 10.2 Å². The zero-order valence-electron chi connectivity index (χ0n) is 11.1. The van der Waals surface area contributed by atoms with Crippen LogP contribution in [0.5, 0.6) is 11.6 Å². The summed E-state index contributed by atoms with van der Waals surface area (Å²) in [6.45, 7) is 4.98. The number of ether oxygens (including phenoxy) is 1. The molecule has 0 radical (unpaired) electrons. The van der Waals surface area contributed by atoms with Gasteiger partial charge in [0.2, 0.25) is 11.2 Å². The third-order valence-electron chi connectivity index (χ3n) is 2.73. The van der Waals surface area contributed by atoms with E-state index in [9.17, 15) is 0 Å². The van der Waals surface area contributed by atoms with Crippen molar-refractivity contribution in [3.05, 3.63) is 28.6 Å². The summed E-state index contributed by atoms with van der Waals surface area (Å²) >= 11 is 7.51. The first-order valence-corrected chi connectivity index (χ1v) is 7.49. The van der Waals surface area contributed by atoms with Crippen LogP contribution in [0.1, 0.15) is 18.2 Å². The fraction of sp³-hybridized carbons (Fsp3) is 0.308. The highest BCUT2D eigenvalue weighted by Gasteiger charge is 2.12. The number of aryl methyl sites for hydroxylation is 2. The zero-order chi connectivity index (χ0) is 14.1. The Labute approximate surface area is 125 Å². The normalized spacial score (nSPS) is 11.2. The largest absolute Gasteiger partial charge is 0.435 e. The molecule has 7 heteroatoms. The molecule has 0 aromatic carbocycles. The van der Waals surface area contributed by atoms with Crippen LogP contribution in [0, 0.1) is 6.92 Å². The average molecular weight is 309 g/mol. The van der Waals surface area contributed by atoms with Gasteiger partial charge in [0.1, 0.15) is 4.83 Å². The Morgan fingerprint density at radius 1 is 1.40 bits per heavy atom. The minimum absolute atomic E-state index is 0.190. The molecule has 5 nitrogen and oxygen atoms in total. The Morgan fingerprint density at radius 2 is 2.25 bits per heavy atom. The summed E-state index contributed by atoms with van der Waals surface area (Å²) in [5.74, 6) is 1.12. The minimum atomic E-state index is 0.190. The van der Waals surface area contributed by atoms with Crippen molar-refractivity contribution in [2.24, 2.45) is 0 Å². The number of nitrogens with zero attached hydrogens (tertiary/aromatic N) is 4. The molecule has 3 aromatic heterocycles. The van der Waals surface area contributed by atoms with Crippen molar-refractivity contribution in [3.8, 4) is 11.6 Å². The molecule has 0 unspecified atom stereocenters. The summed E-state index contributed by atoms with van der Waals surface area (Å²) < 4.78 is 7.64. The highest BCUT2D eigenvalue weighted by Crippen LogP contribution is 2.33. The number of halogens is 1. The molecule has 3 aromatic rings. The highest BCUT2D eigenvalue weighted by molar-refractivity contribution is 7.18. The van der Waals surface area contributed by atoms with E-state index in [0.29, 0.717) is 11.6 Å². The van der Waals surface area contributed by atoms with Gasteiger partial charge in [0, 0.05) is 11.4 Å². The maximum atomic E-state index is 5.94. The standard InChI is InChI=1S/C13H13ClN4OS/c1-3-4-18-7-9(6-15-18)19-11-10-5-8(2)20-12(10)17-13(14)16-11/h5-7H,3-4H2,1-2H3. The molecule has 0 saturated carbocycles. The third-order valence-corrected chi connectivity index (χ3v) is 3.84. The van der Waals surface area contributed by atoms with Crippen LogP contribution >= 0.6 is 22.9 Å². The lowest BCUT2D eigenvalue weighted by Crippen LogP contribution is -1.95. The zero-order valence-corrected chi connectivity index (χ0v) is 12.7. The molecule has 104 valence electrons. The Hall–Kier alpha value is -1.66. The van der Waals surface area contributed by atoms with E-state index < -0.39 is 0 Å². The number of thiophene rings is 1. The van der Waals surface area contributed by atoms with Gasteiger partial charge < -0.3 is 4.74 Å². The Morgan fingerprint density at radius 3 is 3.05 bits per heavy atom. The first-order chi connectivity index (χ1) is 9.65. The second kappa shape index (κ2) is 5.38. The van der Waals surface area contributed by atoms with Crippen molar-refractivity contribution in [3.63, 3.8) is 0 Å². The topological polar surface area (TPSA) is 52.8 Å².